The normalized spacial score (nSPS) is 10.5. The van der Waals surface area contributed by atoms with Crippen LogP contribution in [0.2, 0.25) is 0 Å². The molecule has 0 aliphatic heterocycles. The van der Waals surface area contributed by atoms with Gasteiger partial charge in [0.1, 0.15) is 5.82 Å². The SMILES string of the molecule is Cc1c[c]c2ccc(F)cc2n1. The number of benzene rings is 1. The molecule has 2 rings (SSSR count). The summed E-state index contributed by atoms with van der Waals surface area (Å²) in [6.45, 7) is 1.86. The molecule has 0 N–H and O–H groups in total. The van der Waals surface area contributed by atoms with Crippen molar-refractivity contribution in [3.63, 3.8) is 0 Å². The molecule has 0 aliphatic carbocycles. The number of aromatic nitrogens is 1. The highest BCUT2D eigenvalue weighted by atomic mass is 19.1. The van der Waals surface area contributed by atoms with E-state index >= 15 is 0 Å². The first kappa shape index (κ1) is 7.22. The Morgan fingerprint density at radius 3 is 3.08 bits per heavy atom. The summed E-state index contributed by atoms with van der Waals surface area (Å²) in [5, 5.41) is 0.849. The van der Waals surface area contributed by atoms with Gasteiger partial charge in [0.05, 0.1) is 5.52 Å². The van der Waals surface area contributed by atoms with Crippen LogP contribution in [0, 0.1) is 18.8 Å². The third-order valence-electron chi connectivity index (χ3n) is 1.69. The predicted molar refractivity (Wildman–Crippen MR) is 45.3 cm³/mol. The lowest BCUT2D eigenvalue weighted by Gasteiger charge is -1.96. The van der Waals surface area contributed by atoms with Crippen molar-refractivity contribution in [2.45, 2.75) is 6.92 Å². The van der Waals surface area contributed by atoms with E-state index in [1.807, 2.05) is 6.92 Å². The summed E-state index contributed by atoms with van der Waals surface area (Å²) in [6.07, 6.45) is 0. The van der Waals surface area contributed by atoms with Crippen molar-refractivity contribution in [3.8, 4) is 0 Å². The molecule has 1 nitrogen and oxygen atoms in total. The zero-order chi connectivity index (χ0) is 8.55. The molecule has 0 aliphatic rings. The molecular weight excluding hydrogens is 153 g/mol. The molecule has 0 bridgehead atoms. The van der Waals surface area contributed by atoms with Gasteiger partial charge in [0, 0.05) is 17.1 Å². The van der Waals surface area contributed by atoms with Crippen LogP contribution < -0.4 is 0 Å². The maximum Gasteiger partial charge on any atom is 0.125 e. The van der Waals surface area contributed by atoms with Crippen LogP contribution in [0.5, 0.6) is 0 Å². The van der Waals surface area contributed by atoms with Gasteiger partial charge in [0.25, 0.3) is 0 Å². The van der Waals surface area contributed by atoms with Crippen LogP contribution in [-0.4, -0.2) is 4.98 Å². The molecule has 59 valence electrons. The highest BCUT2D eigenvalue weighted by molar-refractivity contribution is 5.77. The molecule has 2 aromatic rings. The van der Waals surface area contributed by atoms with Gasteiger partial charge in [-0.15, -0.1) is 0 Å². The Kier molecular flexibility index (Phi) is 1.54. The highest BCUT2D eigenvalue weighted by Crippen LogP contribution is 2.12. The maximum absolute atomic E-state index is 12.7. The monoisotopic (exact) mass is 160 g/mol. The zero-order valence-corrected chi connectivity index (χ0v) is 6.63. The zero-order valence-electron chi connectivity index (χ0n) is 6.63. The number of aryl methyl sites for hydroxylation is 1. The standard InChI is InChI=1S/C10H7FN/c1-7-2-3-8-4-5-9(11)6-10(8)12-7/h2,4-6H,1H3. The molecule has 0 spiro atoms. The fourth-order valence-corrected chi connectivity index (χ4v) is 1.12. The molecule has 0 atom stereocenters. The van der Waals surface area contributed by atoms with E-state index in [1.54, 1.807) is 12.1 Å². The number of hydrogen-bond donors (Lipinski definition) is 0. The Bertz CT molecular complexity index is 386. The van der Waals surface area contributed by atoms with Crippen molar-refractivity contribution in [1.29, 1.82) is 0 Å². The highest BCUT2D eigenvalue weighted by Gasteiger charge is 1.96. The summed E-state index contributed by atoms with van der Waals surface area (Å²) in [5.74, 6) is -0.256. The van der Waals surface area contributed by atoms with Crippen LogP contribution in [0.15, 0.2) is 24.3 Å². The van der Waals surface area contributed by atoms with Gasteiger partial charge >= 0.3 is 0 Å². The van der Waals surface area contributed by atoms with Gasteiger partial charge in [-0.3, -0.25) is 4.98 Å². The summed E-state index contributed by atoms with van der Waals surface area (Å²) in [5.41, 5.74) is 1.52. The second-order valence-electron chi connectivity index (χ2n) is 2.70. The number of pyridine rings is 1. The first-order chi connectivity index (χ1) is 5.75. The van der Waals surface area contributed by atoms with E-state index in [9.17, 15) is 4.39 Å². The fourth-order valence-electron chi connectivity index (χ4n) is 1.12. The summed E-state index contributed by atoms with van der Waals surface area (Å²) >= 11 is 0. The van der Waals surface area contributed by atoms with Crippen molar-refractivity contribution >= 4 is 10.9 Å². The first-order valence-corrected chi connectivity index (χ1v) is 3.70. The minimum atomic E-state index is -0.256. The van der Waals surface area contributed by atoms with E-state index in [1.165, 1.54) is 12.1 Å². The molecule has 12 heavy (non-hydrogen) atoms. The number of hydrogen-bond acceptors (Lipinski definition) is 1. The van der Waals surface area contributed by atoms with Gasteiger partial charge in [-0.2, -0.15) is 0 Å². The molecule has 0 fully saturated rings. The van der Waals surface area contributed by atoms with Gasteiger partial charge in [0.2, 0.25) is 0 Å². The molecular formula is C10H7FN. The quantitative estimate of drug-likeness (QED) is 0.577. The van der Waals surface area contributed by atoms with Gasteiger partial charge in [0.15, 0.2) is 0 Å². The minimum Gasteiger partial charge on any atom is -0.253 e. The lowest BCUT2D eigenvalue weighted by atomic mass is 10.2. The van der Waals surface area contributed by atoms with Crippen LogP contribution in [0.4, 0.5) is 4.39 Å². The van der Waals surface area contributed by atoms with Gasteiger partial charge in [-0.1, -0.05) is 0 Å². The maximum atomic E-state index is 12.7. The minimum absolute atomic E-state index is 0.256. The summed E-state index contributed by atoms with van der Waals surface area (Å²) in [7, 11) is 0. The van der Waals surface area contributed by atoms with E-state index in [0.29, 0.717) is 5.52 Å². The van der Waals surface area contributed by atoms with Crippen molar-refractivity contribution in [3.05, 3.63) is 41.8 Å². The molecule has 1 aromatic carbocycles. The summed E-state index contributed by atoms with van der Waals surface area (Å²) < 4.78 is 12.7. The van der Waals surface area contributed by atoms with E-state index in [-0.39, 0.29) is 5.82 Å². The average molecular weight is 160 g/mol. The molecule has 1 heterocycles. The van der Waals surface area contributed by atoms with Gasteiger partial charge in [-0.05, 0) is 31.2 Å². The molecule has 0 saturated heterocycles. The topological polar surface area (TPSA) is 12.9 Å². The molecule has 1 aromatic heterocycles. The Labute approximate surface area is 69.9 Å². The van der Waals surface area contributed by atoms with Crippen LogP contribution in [0.3, 0.4) is 0 Å². The van der Waals surface area contributed by atoms with E-state index in [2.05, 4.69) is 11.1 Å². The lowest BCUT2D eigenvalue weighted by molar-refractivity contribution is 0.629. The number of halogens is 1. The Morgan fingerprint density at radius 2 is 2.25 bits per heavy atom. The van der Waals surface area contributed by atoms with Crippen LogP contribution >= 0.6 is 0 Å². The Hall–Kier alpha value is -1.44. The van der Waals surface area contributed by atoms with E-state index in [4.69, 9.17) is 0 Å². The molecule has 2 heteroatoms. The third kappa shape index (κ3) is 1.16. The molecule has 0 amide bonds. The van der Waals surface area contributed by atoms with E-state index in [0.717, 1.165) is 11.1 Å². The third-order valence-corrected chi connectivity index (χ3v) is 1.69. The lowest BCUT2D eigenvalue weighted by Crippen LogP contribution is -1.83. The van der Waals surface area contributed by atoms with Crippen LogP contribution in [-0.2, 0) is 0 Å². The smallest absolute Gasteiger partial charge is 0.125 e. The van der Waals surface area contributed by atoms with Crippen LogP contribution in [0.25, 0.3) is 10.9 Å². The largest absolute Gasteiger partial charge is 0.253 e. The molecule has 0 unspecified atom stereocenters. The van der Waals surface area contributed by atoms with E-state index < -0.39 is 0 Å². The fraction of sp³-hybridized carbons (Fsp3) is 0.100. The number of fused-ring (bicyclic) bond motifs is 1. The molecule has 0 saturated carbocycles. The Morgan fingerprint density at radius 1 is 1.42 bits per heavy atom. The first-order valence-electron chi connectivity index (χ1n) is 3.70. The van der Waals surface area contributed by atoms with Crippen molar-refractivity contribution in [2.24, 2.45) is 0 Å². The van der Waals surface area contributed by atoms with Crippen molar-refractivity contribution < 1.29 is 4.39 Å². The van der Waals surface area contributed by atoms with Crippen LogP contribution in [0.1, 0.15) is 5.69 Å². The van der Waals surface area contributed by atoms with Gasteiger partial charge < -0.3 is 0 Å². The van der Waals surface area contributed by atoms with Crippen molar-refractivity contribution in [2.75, 3.05) is 0 Å². The Balaban J connectivity index is 2.80. The van der Waals surface area contributed by atoms with Gasteiger partial charge in [-0.25, -0.2) is 4.39 Å². The second-order valence-corrected chi connectivity index (χ2v) is 2.70. The summed E-state index contributed by atoms with van der Waals surface area (Å²) in [4.78, 5) is 4.17. The number of rotatable bonds is 0. The number of nitrogens with zero attached hydrogens (tertiary/aromatic N) is 1. The summed E-state index contributed by atoms with van der Waals surface area (Å²) in [6, 6.07) is 9.31. The average Bonchev–Trinajstić information content (AvgIpc) is 2.03. The second kappa shape index (κ2) is 2.55. The predicted octanol–water partition coefficient (Wildman–Crippen LogP) is 2.48. The molecule has 1 radical (unpaired) electrons. The van der Waals surface area contributed by atoms with Crippen molar-refractivity contribution in [1.82, 2.24) is 4.98 Å².